The number of amides is 3. The Hall–Kier alpha value is -5.45. The smallest absolute Gasteiger partial charge is 0.411 e. The van der Waals surface area contributed by atoms with Crippen molar-refractivity contribution in [3.63, 3.8) is 0 Å². The maximum atomic E-state index is 12.5. The van der Waals surface area contributed by atoms with E-state index in [4.69, 9.17) is 25.8 Å². The van der Waals surface area contributed by atoms with Gasteiger partial charge < -0.3 is 14.2 Å². The monoisotopic (exact) mass is 827 g/mol. The van der Waals surface area contributed by atoms with E-state index in [1.165, 1.54) is 11.8 Å². The van der Waals surface area contributed by atoms with Crippen LogP contribution in [0.25, 0.3) is 0 Å². The van der Waals surface area contributed by atoms with E-state index >= 15 is 0 Å². The Morgan fingerprint density at radius 2 is 1.79 bits per heavy atom. The van der Waals surface area contributed by atoms with E-state index in [1.807, 2.05) is 70.3 Å². The highest BCUT2D eigenvalue weighted by atomic mass is 35.5. The normalized spacial score (nSPS) is 13.8. The second kappa shape index (κ2) is 21.3. The van der Waals surface area contributed by atoms with Gasteiger partial charge in [0.25, 0.3) is 0 Å². The van der Waals surface area contributed by atoms with Crippen LogP contribution < -0.4 is 20.1 Å². The predicted molar refractivity (Wildman–Crippen MR) is 225 cm³/mol. The fourth-order valence-corrected chi connectivity index (χ4v) is 6.55. The Morgan fingerprint density at radius 1 is 1.05 bits per heavy atom. The number of ketones is 1. The number of hydrogen-bond acceptors (Lipinski definition) is 11. The number of Topliss-reactive ketones (excluding diaryl/α,β-unsaturated/α-hetero) is 1. The molecule has 14 heteroatoms. The summed E-state index contributed by atoms with van der Waals surface area (Å²) in [7, 11) is 0. The molecule has 0 bridgehead atoms. The minimum atomic E-state index is -0.609. The third kappa shape index (κ3) is 12.5. The van der Waals surface area contributed by atoms with Crippen LogP contribution in [0, 0.1) is 23.2 Å². The van der Waals surface area contributed by atoms with Gasteiger partial charge in [-0.15, -0.1) is 0 Å². The van der Waals surface area contributed by atoms with Gasteiger partial charge in [0.1, 0.15) is 18.4 Å². The minimum Gasteiger partial charge on any atom is -0.490 e. The molecule has 12 nitrogen and oxygen atoms in total. The number of carbonyl (C=O) groups excluding carboxylic acids is 4. The molecule has 0 radical (unpaired) electrons. The summed E-state index contributed by atoms with van der Waals surface area (Å²) in [5, 5.41) is 15.9. The molecule has 1 aliphatic rings. The number of aromatic nitrogens is 2. The van der Waals surface area contributed by atoms with E-state index in [9.17, 15) is 24.4 Å². The van der Waals surface area contributed by atoms with Crippen LogP contribution in [0.15, 0.2) is 72.0 Å². The number of nitriles is 1. The summed E-state index contributed by atoms with van der Waals surface area (Å²) in [5.41, 5.74) is 4.60. The molecule has 1 aromatic heterocycles. The molecule has 2 heterocycles. The summed E-state index contributed by atoms with van der Waals surface area (Å²) in [6.45, 7) is 12.3. The van der Waals surface area contributed by atoms with E-state index < -0.39 is 11.5 Å². The van der Waals surface area contributed by atoms with Crippen LogP contribution in [0.2, 0.25) is 5.02 Å². The Kier molecular flexibility index (Phi) is 16.7. The Balaban J connectivity index is 0.000000727. The molecule has 1 unspecified atom stereocenters. The van der Waals surface area contributed by atoms with Crippen LogP contribution in [-0.2, 0) is 32.8 Å². The fourth-order valence-electron chi connectivity index (χ4n) is 5.90. The summed E-state index contributed by atoms with van der Waals surface area (Å²) < 4.78 is 17.1. The lowest BCUT2D eigenvalue weighted by Crippen LogP contribution is -2.39. The summed E-state index contributed by atoms with van der Waals surface area (Å²) in [5.74, 6) is 0.701. The topological polar surface area (TPSA) is 170 Å². The van der Waals surface area contributed by atoms with E-state index in [0.29, 0.717) is 65.0 Å². The average Bonchev–Trinajstić information content (AvgIpc) is 3.21. The van der Waals surface area contributed by atoms with Gasteiger partial charge in [0.05, 0.1) is 29.5 Å². The molecule has 1 fully saturated rings. The second-order valence-corrected chi connectivity index (χ2v) is 15.7. The number of hydrogen-bond donors (Lipinski definition) is 2. The van der Waals surface area contributed by atoms with Crippen LogP contribution in [0.5, 0.6) is 11.5 Å². The minimum absolute atomic E-state index is 0.0164. The third-order valence-electron chi connectivity index (χ3n) is 9.53. The number of ether oxygens (including phenoxy) is 3. The van der Waals surface area contributed by atoms with E-state index in [2.05, 4.69) is 40.5 Å². The van der Waals surface area contributed by atoms with Crippen molar-refractivity contribution in [1.29, 1.82) is 5.26 Å². The van der Waals surface area contributed by atoms with Crippen LogP contribution in [0.3, 0.4) is 0 Å². The van der Waals surface area contributed by atoms with E-state index in [0.717, 1.165) is 22.4 Å². The van der Waals surface area contributed by atoms with Crippen LogP contribution in [-0.4, -0.2) is 53.1 Å². The molecule has 0 aliphatic carbocycles. The lowest BCUT2D eigenvalue weighted by Gasteiger charge is -2.27. The molecule has 306 valence electrons. The van der Waals surface area contributed by atoms with Crippen molar-refractivity contribution in [2.45, 2.75) is 84.4 Å². The number of piperidine rings is 1. The second-order valence-electron chi connectivity index (χ2n) is 14.5. The highest BCUT2D eigenvalue weighted by Crippen LogP contribution is 2.39. The van der Waals surface area contributed by atoms with Crippen LogP contribution >= 0.6 is 23.4 Å². The van der Waals surface area contributed by atoms with Gasteiger partial charge in [-0.2, -0.15) is 5.26 Å². The van der Waals surface area contributed by atoms with Gasteiger partial charge in [-0.3, -0.25) is 25.0 Å². The molecule has 2 N–H and O–H groups in total. The molecule has 3 amide bonds. The van der Waals surface area contributed by atoms with Gasteiger partial charge in [-0.1, -0.05) is 77.0 Å². The molecule has 1 saturated heterocycles. The maximum absolute atomic E-state index is 12.5. The maximum Gasteiger partial charge on any atom is 0.411 e. The quantitative estimate of drug-likeness (QED) is 0.0385. The van der Waals surface area contributed by atoms with Gasteiger partial charge in [-0.25, -0.2) is 14.8 Å². The Morgan fingerprint density at radius 3 is 2.43 bits per heavy atom. The highest BCUT2D eigenvalue weighted by Gasteiger charge is 2.26. The molecule has 1 aliphatic heterocycles. The number of aryl methyl sites for hydroxylation is 1. The summed E-state index contributed by atoms with van der Waals surface area (Å²) in [6, 6.07) is 20.7. The van der Waals surface area contributed by atoms with Crippen molar-refractivity contribution >= 4 is 52.7 Å². The first-order valence-electron chi connectivity index (χ1n) is 19.1. The van der Waals surface area contributed by atoms with Crippen molar-refractivity contribution in [1.82, 2.24) is 15.3 Å². The molecule has 58 heavy (non-hydrogen) atoms. The van der Waals surface area contributed by atoms with Crippen molar-refractivity contribution in [2.24, 2.45) is 11.8 Å². The molecule has 1 atom stereocenters. The molecule has 3 aromatic carbocycles. The summed E-state index contributed by atoms with van der Waals surface area (Å²) >= 11 is 8.13. The molecular formula is C44H50ClN5O7S. The molecule has 4 aromatic rings. The predicted octanol–water partition coefficient (Wildman–Crippen LogP) is 9.11. The van der Waals surface area contributed by atoms with E-state index in [1.54, 1.807) is 30.5 Å². The first kappa shape index (κ1) is 45.3. The largest absolute Gasteiger partial charge is 0.490 e. The zero-order valence-electron chi connectivity index (χ0n) is 33.9. The standard InChI is InChI=1S/C38H41ClN4O5S.C6H9NO2/c1-7-25-20-29(11-14-32(25)34(44)24(2)3)43-37(45)47-18-8-17-46-35-26(22-40)19-28(21-33(35)39)38(4,5)27-9-12-31(13-10-27)48-23-30-15-16-41-36(42-30)49-6;1-4-2-3-5(8)7-6(4)9/h9-16,19-21,24H,7-8,17-18,23H2,1-6H3,(H,43,45);4H,2-3H2,1H3,(H,7,8,9). The summed E-state index contributed by atoms with van der Waals surface area (Å²) in [4.78, 5) is 54.6. The number of benzene rings is 3. The average molecular weight is 828 g/mol. The lowest BCUT2D eigenvalue weighted by molar-refractivity contribution is -0.135. The molecule has 0 saturated carbocycles. The zero-order valence-corrected chi connectivity index (χ0v) is 35.5. The van der Waals surface area contributed by atoms with Gasteiger partial charge in [0, 0.05) is 47.5 Å². The number of nitrogens with one attached hydrogen (secondary N) is 2. The summed E-state index contributed by atoms with van der Waals surface area (Å²) in [6.07, 6.45) is 5.28. The van der Waals surface area contributed by atoms with Crippen molar-refractivity contribution in [2.75, 3.05) is 24.8 Å². The molecular weight excluding hydrogens is 778 g/mol. The van der Waals surface area contributed by atoms with E-state index in [-0.39, 0.29) is 48.4 Å². The van der Waals surface area contributed by atoms with Gasteiger partial charge in [0.15, 0.2) is 16.7 Å². The molecule has 5 rings (SSSR count). The Labute approximate surface area is 349 Å². The van der Waals surface area contributed by atoms with Crippen LogP contribution in [0.4, 0.5) is 10.5 Å². The lowest BCUT2D eigenvalue weighted by atomic mass is 9.77. The SMILES string of the molecule is CC1CCC(=O)NC1=O.CCc1cc(NC(=O)OCCCOc2c(Cl)cc(C(C)(C)c3ccc(OCc4ccnc(SC)n4)cc3)cc2C#N)ccc1C(=O)C(C)C. The van der Waals surface area contributed by atoms with Crippen LogP contribution in [0.1, 0.15) is 99.1 Å². The number of anilines is 1. The highest BCUT2D eigenvalue weighted by molar-refractivity contribution is 7.98. The Bertz CT molecular complexity index is 2140. The number of thioether (sulfide) groups is 1. The number of rotatable bonds is 15. The number of halogens is 1. The van der Waals surface area contributed by atoms with Crippen molar-refractivity contribution < 1.29 is 33.4 Å². The zero-order chi connectivity index (χ0) is 42.4. The van der Waals surface area contributed by atoms with Gasteiger partial charge >= 0.3 is 6.09 Å². The van der Waals surface area contributed by atoms with Crippen molar-refractivity contribution in [3.05, 3.63) is 105 Å². The number of imide groups is 1. The third-order valence-corrected chi connectivity index (χ3v) is 10.4. The molecule has 0 spiro atoms. The first-order valence-corrected chi connectivity index (χ1v) is 20.7. The van der Waals surface area contributed by atoms with Crippen molar-refractivity contribution in [3.8, 4) is 17.6 Å². The number of carbonyl (C=O) groups is 4. The van der Waals surface area contributed by atoms with Gasteiger partial charge in [0.2, 0.25) is 11.8 Å². The number of nitrogens with zero attached hydrogens (tertiary/aromatic N) is 3. The first-order chi connectivity index (χ1) is 27.7. The van der Waals surface area contributed by atoms with Gasteiger partial charge in [-0.05, 0) is 84.3 Å². The fraction of sp³-hybridized carbons (Fsp3) is 0.386.